The summed E-state index contributed by atoms with van der Waals surface area (Å²) >= 11 is 0. The van der Waals surface area contributed by atoms with Gasteiger partial charge in [-0.1, -0.05) is 37.3 Å². The summed E-state index contributed by atoms with van der Waals surface area (Å²) < 4.78 is 0. The minimum atomic E-state index is 0. The number of halogens is 1. The van der Waals surface area contributed by atoms with E-state index in [1.165, 1.54) is 37.9 Å². The molecule has 2 rings (SSSR count). The molecule has 0 spiro atoms. The summed E-state index contributed by atoms with van der Waals surface area (Å²) in [6.07, 6.45) is 3.83. The van der Waals surface area contributed by atoms with E-state index < -0.39 is 0 Å². The molecule has 1 heterocycles. The van der Waals surface area contributed by atoms with Crippen molar-refractivity contribution in [3.8, 4) is 0 Å². The second-order valence-corrected chi connectivity index (χ2v) is 4.96. The average Bonchev–Trinajstić information content (AvgIpc) is 2.41. The van der Waals surface area contributed by atoms with Crippen molar-refractivity contribution in [2.75, 3.05) is 20.1 Å². The van der Waals surface area contributed by atoms with Crippen LogP contribution in [0.1, 0.15) is 37.8 Å². The molecule has 1 aromatic rings. The summed E-state index contributed by atoms with van der Waals surface area (Å²) in [7, 11) is 2.08. The summed E-state index contributed by atoms with van der Waals surface area (Å²) in [4.78, 5) is 2.64. The van der Waals surface area contributed by atoms with Crippen molar-refractivity contribution in [3.05, 3.63) is 35.9 Å². The first kappa shape index (κ1) is 15.5. The number of benzene rings is 1. The largest absolute Gasteiger partial charge is 0.316 e. The lowest BCUT2D eigenvalue weighted by Crippen LogP contribution is -2.45. The SMILES string of the molecule is CCC(c1ccccc1)N1CCCC(NC)C1.Cl. The number of likely N-dealkylation sites (tertiary alicyclic amines) is 1. The van der Waals surface area contributed by atoms with Crippen LogP contribution in [0.4, 0.5) is 0 Å². The maximum absolute atomic E-state index is 3.42. The Bertz CT molecular complexity index is 329. The van der Waals surface area contributed by atoms with Gasteiger partial charge >= 0.3 is 0 Å². The van der Waals surface area contributed by atoms with Crippen molar-refractivity contribution in [2.24, 2.45) is 0 Å². The molecule has 1 aromatic carbocycles. The van der Waals surface area contributed by atoms with Gasteiger partial charge in [-0.3, -0.25) is 4.90 Å². The van der Waals surface area contributed by atoms with Crippen LogP contribution in [0.5, 0.6) is 0 Å². The van der Waals surface area contributed by atoms with Crippen molar-refractivity contribution in [2.45, 2.75) is 38.3 Å². The van der Waals surface area contributed by atoms with Gasteiger partial charge in [0, 0.05) is 18.6 Å². The van der Waals surface area contributed by atoms with Crippen LogP contribution in [0.2, 0.25) is 0 Å². The average molecular weight is 269 g/mol. The Hall–Kier alpha value is -0.570. The van der Waals surface area contributed by atoms with Crippen molar-refractivity contribution >= 4 is 12.4 Å². The topological polar surface area (TPSA) is 15.3 Å². The minimum Gasteiger partial charge on any atom is -0.316 e. The number of rotatable bonds is 4. The molecule has 2 nitrogen and oxygen atoms in total. The van der Waals surface area contributed by atoms with E-state index in [0.29, 0.717) is 12.1 Å². The third-order valence-corrected chi connectivity index (χ3v) is 3.87. The maximum atomic E-state index is 3.42. The first-order chi connectivity index (χ1) is 8.35. The number of piperidine rings is 1. The fourth-order valence-electron chi connectivity index (χ4n) is 2.91. The zero-order chi connectivity index (χ0) is 12.1. The number of nitrogens with one attached hydrogen (secondary N) is 1. The lowest BCUT2D eigenvalue weighted by molar-refractivity contribution is 0.136. The summed E-state index contributed by atoms with van der Waals surface area (Å²) in [5, 5.41) is 3.42. The Morgan fingerprint density at radius 1 is 1.33 bits per heavy atom. The molecule has 0 aliphatic carbocycles. The lowest BCUT2D eigenvalue weighted by Gasteiger charge is -2.38. The monoisotopic (exact) mass is 268 g/mol. The van der Waals surface area contributed by atoms with E-state index in [1.807, 2.05) is 0 Å². The Morgan fingerprint density at radius 2 is 2.06 bits per heavy atom. The number of hydrogen-bond donors (Lipinski definition) is 1. The lowest BCUT2D eigenvalue weighted by atomic mass is 9.98. The molecule has 1 aliphatic rings. The van der Waals surface area contributed by atoms with Crippen LogP contribution >= 0.6 is 12.4 Å². The predicted octanol–water partition coefficient (Wildman–Crippen LogP) is 3.24. The zero-order valence-corrected chi connectivity index (χ0v) is 12.2. The Morgan fingerprint density at radius 3 is 2.67 bits per heavy atom. The van der Waals surface area contributed by atoms with Crippen LogP contribution in [0.15, 0.2) is 30.3 Å². The highest BCUT2D eigenvalue weighted by Crippen LogP contribution is 2.27. The van der Waals surface area contributed by atoms with E-state index in [1.54, 1.807) is 0 Å². The zero-order valence-electron chi connectivity index (χ0n) is 11.4. The molecular formula is C15H25ClN2. The number of nitrogens with zero attached hydrogens (tertiary/aromatic N) is 1. The molecule has 102 valence electrons. The van der Waals surface area contributed by atoms with Gasteiger partial charge in [0.05, 0.1) is 0 Å². The van der Waals surface area contributed by atoms with Crippen LogP contribution in [0.3, 0.4) is 0 Å². The molecule has 18 heavy (non-hydrogen) atoms. The van der Waals surface area contributed by atoms with Gasteiger partial charge in [0.1, 0.15) is 0 Å². The second kappa shape index (κ2) is 7.78. The molecular weight excluding hydrogens is 244 g/mol. The highest BCUT2D eigenvalue weighted by atomic mass is 35.5. The highest BCUT2D eigenvalue weighted by molar-refractivity contribution is 5.85. The Balaban J connectivity index is 0.00000162. The van der Waals surface area contributed by atoms with Gasteiger partial charge in [0.2, 0.25) is 0 Å². The molecule has 1 aliphatic heterocycles. The smallest absolute Gasteiger partial charge is 0.0346 e. The molecule has 0 amide bonds. The van der Waals surface area contributed by atoms with Crippen LogP contribution in [0.25, 0.3) is 0 Å². The molecule has 1 fully saturated rings. The third-order valence-electron chi connectivity index (χ3n) is 3.87. The predicted molar refractivity (Wildman–Crippen MR) is 80.4 cm³/mol. The minimum absolute atomic E-state index is 0. The van der Waals surface area contributed by atoms with E-state index in [4.69, 9.17) is 0 Å². The van der Waals surface area contributed by atoms with Gasteiger partial charge < -0.3 is 5.32 Å². The molecule has 2 atom stereocenters. The van der Waals surface area contributed by atoms with E-state index >= 15 is 0 Å². The maximum Gasteiger partial charge on any atom is 0.0346 e. The van der Waals surface area contributed by atoms with E-state index in [0.717, 1.165) is 0 Å². The van der Waals surface area contributed by atoms with Crippen molar-refractivity contribution in [1.29, 1.82) is 0 Å². The van der Waals surface area contributed by atoms with E-state index in [2.05, 4.69) is 54.5 Å². The summed E-state index contributed by atoms with van der Waals surface area (Å²) in [5.74, 6) is 0. The third kappa shape index (κ3) is 3.71. The second-order valence-electron chi connectivity index (χ2n) is 4.96. The van der Waals surface area contributed by atoms with E-state index in [9.17, 15) is 0 Å². The standard InChI is InChI=1S/C15H24N2.ClH/c1-3-15(13-8-5-4-6-9-13)17-11-7-10-14(12-17)16-2;/h4-6,8-9,14-16H,3,7,10-12H2,1-2H3;1H. The van der Waals surface area contributed by atoms with Gasteiger partial charge in [-0.05, 0) is 38.4 Å². The van der Waals surface area contributed by atoms with Gasteiger partial charge in [-0.2, -0.15) is 0 Å². The molecule has 3 heteroatoms. The molecule has 0 saturated carbocycles. The van der Waals surface area contributed by atoms with Crippen molar-refractivity contribution in [1.82, 2.24) is 10.2 Å². The first-order valence-corrected chi connectivity index (χ1v) is 6.81. The van der Waals surface area contributed by atoms with Crippen LogP contribution in [-0.2, 0) is 0 Å². The first-order valence-electron chi connectivity index (χ1n) is 6.81. The quantitative estimate of drug-likeness (QED) is 0.902. The van der Waals surface area contributed by atoms with Gasteiger partial charge in [-0.25, -0.2) is 0 Å². The fourth-order valence-corrected chi connectivity index (χ4v) is 2.91. The Labute approximate surface area is 117 Å². The van der Waals surface area contributed by atoms with Gasteiger partial charge in [0.15, 0.2) is 0 Å². The van der Waals surface area contributed by atoms with Gasteiger partial charge in [-0.15, -0.1) is 12.4 Å². The summed E-state index contributed by atoms with van der Waals surface area (Å²) in [6.45, 7) is 4.72. The fraction of sp³-hybridized carbons (Fsp3) is 0.600. The van der Waals surface area contributed by atoms with Crippen LogP contribution in [-0.4, -0.2) is 31.1 Å². The molecule has 0 radical (unpaired) electrons. The highest BCUT2D eigenvalue weighted by Gasteiger charge is 2.24. The summed E-state index contributed by atoms with van der Waals surface area (Å²) in [6, 6.07) is 12.2. The normalized spacial score (nSPS) is 22.2. The van der Waals surface area contributed by atoms with Crippen LogP contribution < -0.4 is 5.32 Å². The number of hydrogen-bond acceptors (Lipinski definition) is 2. The summed E-state index contributed by atoms with van der Waals surface area (Å²) in [5.41, 5.74) is 1.46. The van der Waals surface area contributed by atoms with Crippen molar-refractivity contribution in [3.63, 3.8) is 0 Å². The van der Waals surface area contributed by atoms with Gasteiger partial charge in [0.25, 0.3) is 0 Å². The molecule has 0 aromatic heterocycles. The number of likely N-dealkylation sites (N-methyl/N-ethyl adjacent to an activating group) is 1. The molecule has 1 N–H and O–H groups in total. The molecule has 0 bridgehead atoms. The molecule has 1 saturated heterocycles. The Kier molecular flexibility index (Phi) is 6.69. The van der Waals surface area contributed by atoms with Crippen molar-refractivity contribution < 1.29 is 0 Å². The van der Waals surface area contributed by atoms with Crippen LogP contribution in [0, 0.1) is 0 Å². The van der Waals surface area contributed by atoms with E-state index in [-0.39, 0.29) is 12.4 Å². The molecule has 2 unspecified atom stereocenters.